The van der Waals surface area contributed by atoms with Crippen molar-refractivity contribution in [3.8, 4) is 22.9 Å². The summed E-state index contributed by atoms with van der Waals surface area (Å²) in [6.07, 6.45) is 7.38. The number of para-hydroxylation sites is 1. The Morgan fingerprint density at radius 3 is 2.58 bits per heavy atom. The van der Waals surface area contributed by atoms with Crippen molar-refractivity contribution in [2.24, 2.45) is 7.05 Å². The largest absolute Gasteiger partial charge is 0.370 e. The number of nitrogens with zero attached hydrogens (tertiary/aromatic N) is 8. The summed E-state index contributed by atoms with van der Waals surface area (Å²) in [7, 11) is 1.99. The summed E-state index contributed by atoms with van der Waals surface area (Å²) < 4.78 is 3.91. The maximum Gasteiger partial charge on any atom is 0.135 e. The van der Waals surface area contributed by atoms with Crippen LogP contribution in [0.4, 0.5) is 5.69 Å². The molecule has 8 nitrogen and oxygen atoms in total. The molecule has 1 fully saturated rings. The molecule has 4 aromatic rings. The Bertz CT molecular complexity index is 1330. The van der Waals surface area contributed by atoms with Gasteiger partial charge in [-0.2, -0.15) is 10.4 Å². The second kappa shape index (κ2) is 8.51. The van der Waals surface area contributed by atoms with Crippen molar-refractivity contribution in [1.82, 2.24) is 29.5 Å². The summed E-state index contributed by atoms with van der Waals surface area (Å²) >= 11 is 0. The zero-order valence-electron chi connectivity index (χ0n) is 19.1. The highest BCUT2D eigenvalue weighted by Crippen LogP contribution is 2.38. The van der Waals surface area contributed by atoms with Crippen LogP contribution in [0.15, 0.2) is 49.1 Å². The predicted molar refractivity (Wildman–Crippen MR) is 126 cm³/mol. The lowest BCUT2D eigenvalue weighted by Gasteiger charge is -2.35. The number of aryl methyl sites for hydroxylation is 3. The third kappa shape index (κ3) is 3.87. The first-order chi connectivity index (χ1) is 16.0. The first-order valence-electron chi connectivity index (χ1n) is 11.2. The first-order valence-corrected chi connectivity index (χ1v) is 11.2. The molecular formula is C25H26N8. The van der Waals surface area contributed by atoms with Crippen LogP contribution < -0.4 is 4.90 Å². The molecule has 1 aliphatic rings. The van der Waals surface area contributed by atoms with E-state index >= 15 is 0 Å². The van der Waals surface area contributed by atoms with Gasteiger partial charge in [-0.3, -0.25) is 4.98 Å². The van der Waals surface area contributed by atoms with Crippen LogP contribution in [0.1, 0.15) is 41.5 Å². The summed E-state index contributed by atoms with van der Waals surface area (Å²) in [5.74, 6) is 1.41. The fourth-order valence-corrected chi connectivity index (χ4v) is 4.81. The van der Waals surface area contributed by atoms with Gasteiger partial charge in [0.15, 0.2) is 0 Å². The number of rotatable bonds is 4. The van der Waals surface area contributed by atoms with E-state index in [9.17, 15) is 5.26 Å². The second-order valence-corrected chi connectivity index (χ2v) is 8.65. The van der Waals surface area contributed by atoms with Crippen LogP contribution in [0.5, 0.6) is 0 Å². The van der Waals surface area contributed by atoms with Crippen LogP contribution in [-0.4, -0.2) is 42.6 Å². The maximum absolute atomic E-state index is 9.90. The molecule has 1 aliphatic heterocycles. The quantitative estimate of drug-likeness (QED) is 0.480. The standard InChI is InChI=1S/C25H26N8/c1-17-11-18(2)33(30-17)22-12-21(14-27-15-22)23-6-4-5-20(13-26)24(23)32-9-7-19(8-10-32)25-29-28-16-31(25)3/h4-6,11-12,14-16,19H,7-10H2,1-3H3. The van der Waals surface area contributed by atoms with E-state index < -0.39 is 0 Å². The Morgan fingerprint density at radius 2 is 1.91 bits per heavy atom. The molecule has 0 unspecified atom stereocenters. The van der Waals surface area contributed by atoms with Crippen molar-refractivity contribution in [1.29, 1.82) is 5.26 Å². The van der Waals surface area contributed by atoms with Crippen molar-refractivity contribution in [2.45, 2.75) is 32.6 Å². The van der Waals surface area contributed by atoms with Crippen LogP contribution in [0.3, 0.4) is 0 Å². The minimum Gasteiger partial charge on any atom is -0.370 e. The Labute approximate surface area is 193 Å². The van der Waals surface area contributed by atoms with E-state index in [0.717, 1.165) is 65.6 Å². The number of nitriles is 1. The van der Waals surface area contributed by atoms with Crippen molar-refractivity contribution in [3.05, 3.63) is 71.8 Å². The topological polar surface area (TPSA) is 88.5 Å². The van der Waals surface area contributed by atoms with Gasteiger partial charge in [-0.25, -0.2) is 4.68 Å². The maximum atomic E-state index is 9.90. The lowest BCUT2D eigenvalue weighted by molar-refractivity contribution is 0.474. The summed E-state index contributed by atoms with van der Waals surface area (Å²) in [6.45, 7) is 5.73. The van der Waals surface area contributed by atoms with Crippen molar-refractivity contribution in [2.75, 3.05) is 18.0 Å². The van der Waals surface area contributed by atoms with Gasteiger partial charge >= 0.3 is 0 Å². The van der Waals surface area contributed by atoms with E-state index in [4.69, 9.17) is 0 Å². The van der Waals surface area contributed by atoms with Gasteiger partial charge < -0.3 is 9.47 Å². The monoisotopic (exact) mass is 438 g/mol. The van der Waals surface area contributed by atoms with Crippen LogP contribution >= 0.6 is 0 Å². The smallest absolute Gasteiger partial charge is 0.135 e. The Morgan fingerprint density at radius 1 is 1.09 bits per heavy atom. The Balaban J connectivity index is 1.50. The van der Waals surface area contributed by atoms with Gasteiger partial charge in [0.05, 0.1) is 28.8 Å². The molecule has 0 aliphatic carbocycles. The molecule has 8 heteroatoms. The highest BCUT2D eigenvalue weighted by atomic mass is 15.3. The average molecular weight is 439 g/mol. The molecule has 1 saturated heterocycles. The van der Waals surface area contributed by atoms with E-state index in [-0.39, 0.29) is 0 Å². The zero-order valence-corrected chi connectivity index (χ0v) is 19.1. The lowest BCUT2D eigenvalue weighted by Crippen LogP contribution is -2.34. The average Bonchev–Trinajstić information content (AvgIpc) is 3.42. The molecule has 0 radical (unpaired) electrons. The van der Waals surface area contributed by atoms with E-state index in [0.29, 0.717) is 11.5 Å². The summed E-state index contributed by atoms with van der Waals surface area (Å²) in [5.41, 5.74) is 6.58. The van der Waals surface area contributed by atoms with E-state index in [1.807, 2.05) is 54.7 Å². The molecule has 5 rings (SSSR count). The minimum absolute atomic E-state index is 0.377. The highest BCUT2D eigenvalue weighted by Gasteiger charge is 2.27. The van der Waals surface area contributed by atoms with Gasteiger partial charge in [0.1, 0.15) is 18.2 Å². The summed E-state index contributed by atoms with van der Waals surface area (Å²) in [5, 5.41) is 22.9. The molecule has 4 heterocycles. The molecule has 0 bridgehead atoms. The number of anilines is 1. The third-order valence-electron chi connectivity index (χ3n) is 6.37. The first kappa shape index (κ1) is 20.9. The van der Waals surface area contributed by atoms with Crippen molar-refractivity contribution < 1.29 is 0 Å². The predicted octanol–water partition coefficient (Wildman–Crippen LogP) is 3.94. The summed E-state index contributed by atoms with van der Waals surface area (Å²) in [6, 6.07) is 12.5. The van der Waals surface area contributed by atoms with Crippen LogP contribution in [0, 0.1) is 25.2 Å². The van der Waals surface area contributed by atoms with Gasteiger partial charge in [0, 0.05) is 49.1 Å². The van der Waals surface area contributed by atoms with Crippen molar-refractivity contribution in [3.63, 3.8) is 0 Å². The minimum atomic E-state index is 0.377. The zero-order chi connectivity index (χ0) is 22.9. The molecule has 0 atom stereocenters. The molecule has 1 aromatic carbocycles. The van der Waals surface area contributed by atoms with E-state index in [2.05, 4.69) is 49.4 Å². The number of aromatic nitrogens is 6. The SMILES string of the molecule is Cc1cc(C)n(-c2cncc(-c3cccc(C#N)c3N3CCC(c4nncn4C)CC3)c2)n1. The molecular weight excluding hydrogens is 412 g/mol. The normalized spacial score (nSPS) is 14.4. The van der Waals surface area contributed by atoms with Gasteiger partial charge in [0.2, 0.25) is 0 Å². The van der Waals surface area contributed by atoms with Gasteiger partial charge in [-0.05, 0) is 44.9 Å². The molecule has 0 saturated carbocycles. The van der Waals surface area contributed by atoms with Gasteiger partial charge in [0.25, 0.3) is 0 Å². The number of benzene rings is 1. The highest BCUT2D eigenvalue weighted by molar-refractivity contribution is 5.83. The second-order valence-electron chi connectivity index (χ2n) is 8.65. The molecule has 0 N–H and O–H groups in total. The number of piperidine rings is 1. The Hall–Kier alpha value is -3.99. The molecule has 3 aromatic heterocycles. The fraction of sp³-hybridized carbons (Fsp3) is 0.320. The Kier molecular flexibility index (Phi) is 5.38. The third-order valence-corrected chi connectivity index (χ3v) is 6.37. The summed E-state index contributed by atoms with van der Waals surface area (Å²) in [4.78, 5) is 6.83. The lowest BCUT2D eigenvalue weighted by atomic mass is 9.93. The molecule has 0 amide bonds. The van der Waals surface area contributed by atoms with E-state index in [1.54, 1.807) is 6.33 Å². The molecule has 166 valence electrons. The van der Waals surface area contributed by atoms with Gasteiger partial charge in [-0.1, -0.05) is 12.1 Å². The van der Waals surface area contributed by atoms with Gasteiger partial charge in [-0.15, -0.1) is 10.2 Å². The van der Waals surface area contributed by atoms with Crippen LogP contribution in [-0.2, 0) is 7.05 Å². The molecule has 0 spiro atoms. The van der Waals surface area contributed by atoms with Crippen LogP contribution in [0.2, 0.25) is 0 Å². The van der Waals surface area contributed by atoms with Crippen molar-refractivity contribution >= 4 is 5.69 Å². The number of hydrogen-bond donors (Lipinski definition) is 0. The molecule has 33 heavy (non-hydrogen) atoms. The van der Waals surface area contributed by atoms with E-state index in [1.165, 1.54) is 0 Å². The number of pyridine rings is 1. The fourth-order valence-electron chi connectivity index (χ4n) is 4.81. The number of hydrogen-bond acceptors (Lipinski definition) is 6. The van der Waals surface area contributed by atoms with Crippen LogP contribution in [0.25, 0.3) is 16.8 Å².